The number of para-hydroxylation sites is 1. The van der Waals surface area contributed by atoms with Crippen LogP contribution in [0.4, 0.5) is 5.69 Å². The second-order valence-corrected chi connectivity index (χ2v) is 11.9. The van der Waals surface area contributed by atoms with Crippen molar-refractivity contribution in [2.75, 3.05) is 44.6 Å². The Morgan fingerprint density at radius 3 is 1.87 bits per heavy atom. The fourth-order valence-corrected chi connectivity index (χ4v) is 5.01. The number of hydrogen-bond acceptors (Lipinski definition) is 5. The Hall–Kier alpha value is -2.08. The Morgan fingerprint density at radius 1 is 0.789 bits per heavy atom. The van der Waals surface area contributed by atoms with Crippen molar-refractivity contribution in [2.45, 2.75) is 117 Å². The molecule has 1 heterocycles. The van der Waals surface area contributed by atoms with E-state index in [1.807, 2.05) is 43.9 Å². The third-order valence-corrected chi connectivity index (χ3v) is 7.28. The summed E-state index contributed by atoms with van der Waals surface area (Å²) in [5.74, 6) is -0.306. The van der Waals surface area contributed by atoms with Crippen molar-refractivity contribution in [3.05, 3.63) is 29.8 Å². The summed E-state index contributed by atoms with van der Waals surface area (Å²) in [6, 6.07) is 7.22. The van der Waals surface area contributed by atoms with Gasteiger partial charge in [-0.2, -0.15) is 0 Å². The number of anilines is 1. The highest BCUT2D eigenvalue weighted by Gasteiger charge is 2.23. The third-order valence-electron chi connectivity index (χ3n) is 7.28. The predicted molar refractivity (Wildman–Crippen MR) is 159 cm³/mol. The number of carbonyl (C=O) groups is 2. The fraction of sp³-hybridized carbons (Fsp3) is 0.750. The molecular formula is C32H55N3O3. The molecule has 1 aliphatic heterocycles. The summed E-state index contributed by atoms with van der Waals surface area (Å²) in [7, 11) is 0. The van der Waals surface area contributed by atoms with Crippen LogP contribution in [0.2, 0.25) is 0 Å². The number of piperazine rings is 1. The molecule has 0 atom stereocenters. The number of esters is 1. The van der Waals surface area contributed by atoms with Gasteiger partial charge in [0.15, 0.2) is 0 Å². The van der Waals surface area contributed by atoms with Gasteiger partial charge in [-0.15, -0.1) is 0 Å². The maximum absolute atomic E-state index is 12.8. The van der Waals surface area contributed by atoms with Crippen LogP contribution in [0, 0.1) is 0 Å². The van der Waals surface area contributed by atoms with Gasteiger partial charge in [-0.3, -0.25) is 9.69 Å². The van der Waals surface area contributed by atoms with E-state index in [-0.39, 0.29) is 18.4 Å². The molecule has 0 radical (unpaired) electrons. The number of rotatable bonds is 18. The standard InChI is InChI=1S/C32H55N3O3/c1-5-6-7-8-9-10-11-12-13-14-15-16-19-22-34-23-25-35(26-24-34)30(36)27-33-29-21-18-17-20-28(29)31(37)38-32(2,3)4/h17-18,20-21,33H,5-16,19,22-27H2,1-4H3. The zero-order valence-electron chi connectivity index (χ0n) is 24.9. The number of nitrogens with zero attached hydrogens (tertiary/aromatic N) is 2. The maximum atomic E-state index is 12.8. The molecule has 1 saturated heterocycles. The Balaban J connectivity index is 1.53. The Labute approximate surface area is 232 Å². The number of ether oxygens (including phenoxy) is 1. The minimum atomic E-state index is -0.563. The van der Waals surface area contributed by atoms with Gasteiger partial charge in [-0.25, -0.2) is 4.79 Å². The van der Waals surface area contributed by atoms with E-state index in [0.717, 1.165) is 32.7 Å². The largest absolute Gasteiger partial charge is 0.456 e. The second kappa shape index (κ2) is 18.3. The Morgan fingerprint density at radius 2 is 1.32 bits per heavy atom. The maximum Gasteiger partial charge on any atom is 0.340 e. The van der Waals surface area contributed by atoms with E-state index in [9.17, 15) is 9.59 Å². The van der Waals surface area contributed by atoms with Crippen molar-refractivity contribution >= 4 is 17.6 Å². The number of carbonyl (C=O) groups excluding carboxylic acids is 2. The summed E-state index contributed by atoms with van der Waals surface area (Å²) in [6.07, 6.45) is 18.0. The molecule has 1 aliphatic rings. The van der Waals surface area contributed by atoms with Gasteiger partial charge in [0.05, 0.1) is 12.1 Å². The normalized spacial score (nSPS) is 14.5. The monoisotopic (exact) mass is 529 g/mol. The Bertz CT molecular complexity index is 797. The molecule has 0 aromatic heterocycles. The SMILES string of the molecule is CCCCCCCCCCCCCCCN1CCN(C(=O)CNc2ccccc2C(=O)OC(C)(C)C)CC1. The highest BCUT2D eigenvalue weighted by molar-refractivity contribution is 5.96. The van der Waals surface area contributed by atoms with E-state index < -0.39 is 5.60 Å². The first-order chi connectivity index (χ1) is 18.3. The lowest BCUT2D eigenvalue weighted by molar-refractivity contribution is -0.131. The molecule has 0 bridgehead atoms. The van der Waals surface area contributed by atoms with E-state index in [4.69, 9.17) is 4.74 Å². The first kappa shape index (κ1) is 32.1. The van der Waals surface area contributed by atoms with Gasteiger partial charge in [-0.05, 0) is 45.9 Å². The summed E-state index contributed by atoms with van der Waals surface area (Å²) in [4.78, 5) is 29.8. The van der Waals surface area contributed by atoms with Crippen LogP contribution in [0.25, 0.3) is 0 Å². The average molecular weight is 530 g/mol. The summed E-state index contributed by atoms with van der Waals surface area (Å²) >= 11 is 0. The van der Waals surface area contributed by atoms with Crippen molar-refractivity contribution in [1.29, 1.82) is 0 Å². The predicted octanol–water partition coefficient (Wildman–Crippen LogP) is 7.29. The van der Waals surface area contributed by atoms with Crippen LogP contribution in [0.3, 0.4) is 0 Å². The number of amides is 1. The molecule has 2 rings (SSSR count). The van der Waals surface area contributed by atoms with Gasteiger partial charge >= 0.3 is 5.97 Å². The molecule has 0 unspecified atom stereocenters. The molecule has 6 heteroatoms. The van der Waals surface area contributed by atoms with Crippen LogP contribution in [0.5, 0.6) is 0 Å². The van der Waals surface area contributed by atoms with Crippen LogP contribution in [0.1, 0.15) is 122 Å². The van der Waals surface area contributed by atoms with Crippen molar-refractivity contribution < 1.29 is 14.3 Å². The number of benzene rings is 1. The minimum absolute atomic E-state index is 0.0737. The molecule has 1 fully saturated rings. The zero-order valence-corrected chi connectivity index (χ0v) is 24.9. The van der Waals surface area contributed by atoms with E-state index in [1.165, 1.54) is 83.5 Å². The number of nitrogens with one attached hydrogen (secondary N) is 1. The van der Waals surface area contributed by atoms with Crippen LogP contribution in [0.15, 0.2) is 24.3 Å². The van der Waals surface area contributed by atoms with Crippen molar-refractivity contribution in [3.63, 3.8) is 0 Å². The fourth-order valence-electron chi connectivity index (χ4n) is 5.01. The average Bonchev–Trinajstić information content (AvgIpc) is 2.89. The summed E-state index contributed by atoms with van der Waals surface area (Å²) in [5.41, 5.74) is 0.529. The smallest absolute Gasteiger partial charge is 0.340 e. The lowest BCUT2D eigenvalue weighted by atomic mass is 10.0. The summed E-state index contributed by atoms with van der Waals surface area (Å²) in [5, 5.41) is 3.16. The quantitative estimate of drug-likeness (QED) is 0.160. The van der Waals surface area contributed by atoms with Crippen LogP contribution in [-0.4, -0.2) is 66.5 Å². The molecule has 0 saturated carbocycles. The molecule has 1 N–H and O–H groups in total. The van der Waals surface area contributed by atoms with Crippen LogP contribution in [-0.2, 0) is 9.53 Å². The van der Waals surface area contributed by atoms with E-state index >= 15 is 0 Å². The van der Waals surface area contributed by atoms with Gasteiger partial charge < -0.3 is 15.0 Å². The van der Waals surface area contributed by atoms with Gasteiger partial charge in [-0.1, -0.05) is 96.1 Å². The second-order valence-electron chi connectivity index (χ2n) is 11.9. The molecule has 0 aliphatic carbocycles. The first-order valence-corrected chi connectivity index (χ1v) is 15.4. The molecular weight excluding hydrogens is 474 g/mol. The highest BCUT2D eigenvalue weighted by Crippen LogP contribution is 2.20. The highest BCUT2D eigenvalue weighted by atomic mass is 16.6. The van der Waals surface area contributed by atoms with E-state index in [1.54, 1.807) is 6.07 Å². The van der Waals surface area contributed by atoms with Gasteiger partial charge in [0, 0.05) is 31.9 Å². The van der Waals surface area contributed by atoms with Gasteiger partial charge in [0.2, 0.25) is 5.91 Å². The summed E-state index contributed by atoms with van der Waals surface area (Å²) < 4.78 is 5.51. The topological polar surface area (TPSA) is 61.9 Å². The lowest BCUT2D eigenvalue weighted by Gasteiger charge is -2.35. The molecule has 1 amide bonds. The molecule has 1 aromatic carbocycles. The van der Waals surface area contributed by atoms with E-state index in [2.05, 4.69) is 17.1 Å². The summed E-state index contributed by atoms with van der Waals surface area (Å²) in [6.45, 7) is 12.6. The first-order valence-electron chi connectivity index (χ1n) is 15.4. The third kappa shape index (κ3) is 13.6. The van der Waals surface area contributed by atoms with E-state index in [0.29, 0.717) is 11.3 Å². The van der Waals surface area contributed by atoms with Crippen molar-refractivity contribution in [3.8, 4) is 0 Å². The zero-order chi connectivity index (χ0) is 27.6. The molecule has 216 valence electrons. The molecule has 38 heavy (non-hydrogen) atoms. The number of hydrogen-bond donors (Lipinski definition) is 1. The molecule has 6 nitrogen and oxygen atoms in total. The van der Waals surface area contributed by atoms with Crippen LogP contribution >= 0.6 is 0 Å². The molecule has 0 spiro atoms. The van der Waals surface area contributed by atoms with Crippen molar-refractivity contribution in [1.82, 2.24) is 9.80 Å². The van der Waals surface area contributed by atoms with Gasteiger partial charge in [0.25, 0.3) is 0 Å². The molecule has 1 aromatic rings. The minimum Gasteiger partial charge on any atom is -0.456 e. The van der Waals surface area contributed by atoms with Crippen molar-refractivity contribution in [2.24, 2.45) is 0 Å². The van der Waals surface area contributed by atoms with Crippen LogP contribution < -0.4 is 5.32 Å². The number of unbranched alkanes of at least 4 members (excludes halogenated alkanes) is 12. The Kier molecular flexibility index (Phi) is 15.4. The lowest BCUT2D eigenvalue weighted by Crippen LogP contribution is -2.50. The van der Waals surface area contributed by atoms with Gasteiger partial charge in [0.1, 0.15) is 5.60 Å².